The number of amides is 1. The maximum Gasteiger partial charge on any atom is 0.274 e. The summed E-state index contributed by atoms with van der Waals surface area (Å²) in [5, 5.41) is 11.2. The summed E-state index contributed by atoms with van der Waals surface area (Å²) in [5.74, 6) is -0.0383. The highest BCUT2D eigenvalue weighted by atomic mass is 35.5. The molecule has 0 bridgehead atoms. The van der Waals surface area contributed by atoms with Crippen molar-refractivity contribution < 1.29 is 4.79 Å². The number of halogens is 2. The maximum absolute atomic E-state index is 12.8. The number of aromatic nitrogens is 2. The Morgan fingerprint density at radius 1 is 1.43 bits per heavy atom. The molecule has 7 heteroatoms. The number of carbonyl (C=O) groups is 1. The first kappa shape index (κ1) is 17.8. The zero-order valence-electron chi connectivity index (χ0n) is 12.9. The van der Waals surface area contributed by atoms with Gasteiger partial charge in [-0.25, -0.2) is 0 Å². The van der Waals surface area contributed by atoms with E-state index in [1.54, 1.807) is 4.90 Å². The van der Waals surface area contributed by atoms with Gasteiger partial charge in [-0.1, -0.05) is 23.7 Å². The van der Waals surface area contributed by atoms with Gasteiger partial charge in [0.25, 0.3) is 5.91 Å². The van der Waals surface area contributed by atoms with Crippen molar-refractivity contribution in [3.8, 4) is 0 Å². The molecule has 0 saturated carbocycles. The van der Waals surface area contributed by atoms with Gasteiger partial charge in [0, 0.05) is 48.9 Å². The van der Waals surface area contributed by atoms with E-state index in [9.17, 15) is 4.79 Å². The number of rotatable bonds is 4. The van der Waals surface area contributed by atoms with Gasteiger partial charge >= 0.3 is 0 Å². The molecule has 124 valence electrons. The van der Waals surface area contributed by atoms with Crippen molar-refractivity contribution in [3.05, 3.63) is 51.8 Å². The second kappa shape index (κ2) is 7.81. The molecule has 0 unspecified atom stereocenters. The number of benzene rings is 1. The van der Waals surface area contributed by atoms with E-state index < -0.39 is 0 Å². The van der Waals surface area contributed by atoms with Crippen molar-refractivity contribution in [1.29, 1.82) is 0 Å². The van der Waals surface area contributed by atoms with Gasteiger partial charge in [-0.05, 0) is 24.6 Å². The Kier molecular flexibility index (Phi) is 6.04. The number of aromatic amines is 1. The molecule has 1 aliphatic rings. The van der Waals surface area contributed by atoms with Crippen molar-refractivity contribution in [1.82, 2.24) is 20.4 Å². The fraction of sp³-hybridized carbons (Fsp3) is 0.375. The second-order valence-electron chi connectivity index (χ2n) is 5.41. The Balaban J connectivity index is 0.00000192. The summed E-state index contributed by atoms with van der Waals surface area (Å²) < 4.78 is 0. The number of carbonyl (C=O) groups excluding carboxylic acids is 1. The van der Waals surface area contributed by atoms with Crippen molar-refractivity contribution in [2.45, 2.75) is 26.4 Å². The van der Waals surface area contributed by atoms with E-state index in [1.165, 1.54) is 0 Å². The van der Waals surface area contributed by atoms with Gasteiger partial charge in [-0.2, -0.15) is 5.10 Å². The predicted molar refractivity (Wildman–Crippen MR) is 93.1 cm³/mol. The van der Waals surface area contributed by atoms with Gasteiger partial charge in [0.1, 0.15) is 0 Å². The van der Waals surface area contributed by atoms with Crippen LogP contribution in [0.4, 0.5) is 0 Å². The minimum Gasteiger partial charge on any atom is -0.333 e. The number of fused-ring (bicyclic) bond motifs is 1. The first-order valence-electron chi connectivity index (χ1n) is 7.49. The van der Waals surface area contributed by atoms with Crippen LogP contribution in [0, 0.1) is 0 Å². The van der Waals surface area contributed by atoms with Gasteiger partial charge in [-0.15, -0.1) is 12.4 Å². The largest absolute Gasteiger partial charge is 0.333 e. The Hall–Kier alpha value is -1.56. The molecule has 23 heavy (non-hydrogen) atoms. The van der Waals surface area contributed by atoms with Crippen LogP contribution in [-0.4, -0.2) is 34.1 Å². The molecule has 5 nitrogen and oxygen atoms in total. The fourth-order valence-electron chi connectivity index (χ4n) is 2.73. The lowest BCUT2D eigenvalue weighted by atomic mass is 10.1. The van der Waals surface area contributed by atoms with Crippen molar-refractivity contribution in [2.75, 3.05) is 13.1 Å². The number of hydrogen-bond acceptors (Lipinski definition) is 3. The van der Waals surface area contributed by atoms with Gasteiger partial charge in [0.05, 0.1) is 0 Å². The molecule has 0 radical (unpaired) electrons. The van der Waals surface area contributed by atoms with Crippen LogP contribution in [0.2, 0.25) is 5.02 Å². The van der Waals surface area contributed by atoms with Gasteiger partial charge in [-0.3, -0.25) is 9.89 Å². The van der Waals surface area contributed by atoms with Crippen LogP contribution in [0.5, 0.6) is 0 Å². The molecule has 0 saturated heterocycles. The topological polar surface area (TPSA) is 61.0 Å². The molecule has 2 heterocycles. The third kappa shape index (κ3) is 3.86. The molecule has 0 fully saturated rings. The quantitative estimate of drug-likeness (QED) is 0.887. The van der Waals surface area contributed by atoms with E-state index in [-0.39, 0.29) is 18.3 Å². The molecule has 0 aliphatic carbocycles. The van der Waals surface area contributed by atoms with Crippen LogP contribution < -0.4 is 5.32 Å². The zero-order chi connectivity index (χ0) is 15.5. The first-order valence-corrected chi connectivity index (χ1v) is 7.87. The fourth-order valence-corrected chi connectivity index (χ4v) is 2.95. The van der Waals surface area contributed by atoms with E-state index in [4.69, 9.17) is 11.6 Å². The lowest BCUT2D eigenvalue weighted by molar-refractivity contribution is 0.0745. The number of nitrogens with zero attached hydrogens (tertiary/aromatic N) is 2. The Morgan fingerprint density at radius 3 is 3.00 bits per heavy atom. The van der Waals surface area contributed by atoms with Crippen LogP contribution in [0.3, 0.4) is 0 Å². The van der Waals surface area contributed by atoms with Crippen molar-refractivity contribution >= 4 is 29.9 Å². The number of hydrogen-bond donors (Lipinski definition) is 2. The number of H-pyrrole nitrogens is 1. The molecular weight excluding hydrogens is 335 g/mol. The molecule has 0 spiro atoms. The van der Waals surface area contributed by atoms with Gasteiger partial charge in [0.2, 0.25) is 0 Å². The Bertz CT molecular complexity index is 686. The van der Waals surface area contributed by atoms with Gasteiger partial charge < -0.3 is 10.2 Å². The van der Waals surface area contributed by atoms with Gasteiger partial charge in [0.15, 0.2) is 5.69 Å². The minimum absolute atomic E-state index is 0. The zero-order valence-corrected chi connectivity index (χ0v) is 14.5. The van der Waals surface area contributed by atoms with Crippen LogP contribution >= 0.6 is 24.0 Å². The average molecular weight is 355 g/mol. The van der Waals surface area contributed by atoms with Crippen molar-refractivity contribution in [3.63, 3.8) is 0 Å². The van der Waals surface area contributed by atoms with E-state index >= 15 is 0 Å². The van der Waals surface area contributed by atoms with Crippen LogP contribution in [-0.2, 0) is 19.5 Å². The van der Waals surface area contributed by atoms with Crippen LogP contribution in [0.15, 0.2) is 24.3 Å². The standard InChI is InChI=1S/C16H19ClN4O.ClH/c1-2-21(10-11-4-3-5-12(17)8-11)16(22)15-13-9-18-7-6-14(13)19-20-15;/h3-5,8,18H,2,6-7,9-10H2,1H3,(H,19,20);1H. The molecule has 3 rings (SSSR count). The molecule has 0 atom stereocenters. The summed E-state index contributed by atoms with van der Waals surface area (Å²) in [5.41, 5.74) is 3.62. The van der Waals surface area contributed by atoms with Crippen LogP contribution in [0.1, 0.15) is 34.2 Å². The molecule has 1 aromatic heterocycles. The first-order chi connectivity index (χ1) is 10.7. The number of nitrogens with one attached hydrogen (secondary N) is 2. The second-order valence-corrected chi connectivity index (χ2v) is 5.84. The molecule has 1 aliphatic heterocycles. The molecule has 2 aromatic rings. The normalized spacial score (nSPS) is 13.1. The van der Waals surface area contributed by atoms with Crippen molar-refractivity contribution in [2.24, 2.45) is 0 Å². The highest BCUT2D eigenvalue weighted by Gasteiger charge is 2.24. The average Bonchev–Trinajstić information content (AvgIpc) is 2.96. The summed E-state index contributed by atoms with van der Waals surface area (Å²) in [6, 6.07) is 7.59. The molecule has 2 N–H and O–H groups in total. The summed E-state index contributed by atoms with van der Waals surface area (Å²) in [6.07, 6.45) is 0.885. The summed E-state index contributed by atoms with van der Waals surface area (Å²) in [4.78, 5) is 14.6. The third-order valence-electron chi connectivity index (χ3n) is 3.94. The van der Waals surface area contributed by atoms with E-state index in [2.05, 4.69) is 15.5 Å². The lowest BCUT2D eigenvalue weighted by Crippen LogP contribution is -2.32. The maximum atomic E-state index is 12.8. The smallest absolute Gasteiger partial charge is 0.274 e. The Labute approximate surface area is 146 Å². The summed E-state index contributed by atoms with van der Waals surface area (Å²) >= 11 is 6.02. The van der Waals surface area contributed by atoms with Crippen LogP contribution in [0.25, 0.3) is 0 Å². The Morgan fingerprint density at radius 2 is 2.26 bits per heavy atom. The predicted octanol–water partition coefficient (Wildman–Crippen LogP) is 2.79. The SMILES string of the molecule is CCN(Cc1cccc(Cl)c1)C(=O)c1n[nH]c2c1CNCC2.Cl. The lowest BCUT2D eigenvalue weighted by Gasteiger charge is -2.21. The third-order valence-corrected chi connectivity index (χ3v) is 4.18. The highest BCUT2D eigenvalue weighted by molar-refractivity contribution is 6.30. The monoisotopic (exact) mass is 354 g/mol. The summed E-state index contributed by atoms with van der Waals surface area (Å²) in [6.45, 7) is 4.75. The summed E-state index contributed by atoms with van der Waals surface area (Å²) in [7, 11) is 0. The van der Waals surface area contributed by atoms with E-state index in [1.807, 2.05) is 31.2 Å². The van der Waals surface area contributed by atoms with E-state index in [0.717, 1.165) is 29.8 Å². The molecule has 1 aromatic carbocycles. The van der Waals surface area contributed by atoms with E-state index in [0.29, 0.717) is 30.4 Å². The highest BCUT2D eigenvalue weighted by Crippen LogP contribution is 2.19. The minimum atomic E-state index is -0.0383. The molecular formula is C16H20Cl2N4O. The molecule has 1 amide bonds.